The lowest BCUT2D eigenvalue weighted by molar-refractivity contribution is -0.116. The molecule has 0 saturated heterocycles. The van der Waals surface area contributed by atoms with Gasteiger partial charge in [0.25, 0.3) is 0 Å². The molecule has 0 bridgehead atoms. The highest BCUT2D eigenvalue weighted by molar-refractivity contribution is 5.90. The van der Waals surface area contributed by atoms with Crippen molar-refractivity contribution in [2.24, 2.45) is 7.05 Å². The van der Waals surface area contributed by atoms with Gasteiger partial charge in [0, 0.05) is 42.9 Å². The normalized spacial score (nSPS) is 11.4. The van der Waals surface area contributed by atoms with Crippen LogP contribution in [0.3, 0.4) is 0 Å². The number of hydrogen-bond acceptors (Lipinski definition) is 4. The van der Waals surface area contributed by atoms with E-state index in [0.717, 1.165) is 27.9 Å². The number of carbonyl (C=O) groups is 1. The standard InChI is InChI=1S/C18H24N6O/c1-11(2)24-18-15(10-19-24)12(3)14(13(4)20-18)6-7-17(25)21-16-8-9-23(5)22-16/h8-11H,6-7H2,1-5H3,(H,21,22,25). The largest absolute Gasteiger partial charge is 0.309 e. The van der Waals surface area contributed by atoms with Gasteiger partial charge in [-0.1, -0.05) is 0 Å². The lowest BCUT2D eigenvalue weighted by atomic mass is 10.0. The van der Waals surface area contributed by atoms with Gasteiger partial charge in [0.1, 0.15) is 0 Å². The van der Waals surface area contributed by atoms with Gasteiger partial charge in [0.2, 0.25) is 5.91 Å². The predicted molar refractivity (Wildman–Crippen MR) is 97.5 cm³/mol. The number of nitrogens with one attached hydrogen (secondary N) is 1. The first-order valence-corrected chi connectivity index (χ1v) is 8.49. The summed E-state index contributed by atoms with van der Waals surface area (Å²) in [6.45, 7) is 8.26. The van der Waals surface area contributed by atoms with Crippen molar-refractivity contribution in [1.29, 1.82) is 0 Å². The molecule has 7 nitrogen and oxygen atoms in total. The number of carbonyl (C=O) groups excluding carboxylic acids is 1. The molecule has 0 saturated carbocycles. The molecule has 0 aliphatic heterocycles. The Bertz CT molecular complexity index is 921. The molecule has 132 valence electrons. The number of aromatic nitrogens is 5. The van der Waals surface area contributed by atoms with Crippen LogP contribution in [0, 0.1) is 13.8 Å². The van der Waals surface area contributed by atoms with Gasteiger partial charge >= 0.3 is 0 Å². The van der Waals surface area contributed by atoms with Crippen molar-refractivity contribution >= 4 is 22.8 Å². The van der Waals surface area contributed by atoms with Crippen molar-refractivity contribution in [2.45, 2.75) is 46.6 Å². The molecule has 3 heterocycles. The average molecular weight is 340 g/mol. The fourth-order valence-corrected chi connectivity index (χ4v) is 3.06. The van der Waals surface area contributed by atoms with Gasteiger partial charge in [-0.15, -0.1) is 0 Å². The van der Waals surface area contributed by atoms with Gasteiger partial charge in [0.05, 0.1) is 6.20 Å². The molecular formula is C18H24N6O. The fraction of sp³-hybridized carbons (Fsp3) is 0.444. The monoisotopic (exact) mass is 340 g/mol. The second-order valence-corrected chi connectivity index (χ2v) is 6.64. The predicted octanol–water partition coefficient (Wildman–Crippen LogP) is 2.93. The quantitative estimate of drug-likeness (QED) is 0.774. The number of hydrogen-bond donors (Lipinski definition) is 1. The molecule has 0 aliphatic rings. The zero-order valence-electron chi connectivity index (χ0n) is 15.4. The van der Waals surface area contributed by atoms with Crippen molar-refractivity contribution in [2.75, 3.05) is 5.32 Å². The van der Waals surface area contributed by atoms with E-state index in [2.05, 4.69) is 36.3 Å². The summed E-state index contributed by atoms with van der Waals surface area (Å²) in [6.07, 6.45) is 4.71. The zero-order chi connectivity index (χ0) is 18.1. The lowest BCUT2D eigenvalue weighted by Crippen LogP contribution is -2.14. The number of aryl methyl sites for hydroxylation is 3. The maximum absolute atomic E-state index is 12.2. The van der Waals surface area contributed by atoms with Crippen LogP contribution in [0.1, 0.15) is 43.1 Å². The summed E-state index contributed by atoms with van der Waals surface area (Å²) in [5, 5.41) is 12.5. The summed E-state index contributed by atoms with van der Waals surface area (Å²) in [4.78, 5) is 16.9. The van der Waals surface area contributed by atoms with Crippen LogP contribution in [0.15, 0.2) is 18.5 Å². The zero-order valence-corrected chi connectivity index (χ0v) is 15.4. The van der Waals surface area contributed by atoms with Crippen LogP contribution in [0.5, 0.6) is 0 Å². The van der Waals surface area contributed by atoms with E-state index in [4.69, 9.17) is 4.98 Å². The molecule has 0 atom stereocenters. The molecule has 0 aliphatic carbocycles. The van der Waals surface area contributed by atoms with Crippen LogP contribution < -0.4 is 5.32 Å². The number of nitrogens with zero attached hydrogens (tertiary/aromatic N) is 5. The number of rotatable bonds is 5. The second kappa shape index (κ2) is 6.66. The van der Waals surface area contributed by atoms with Crippen LogP contribution in [-0.2, 0) is 18.3 Å². The number of anilines is 1. The molecule has 25 heavy (non-hydrogen) atoms. The van der Waals surface area contributed by atoms with Crippen molar-refractivity contribution in [3.8, 4) is 0 Å². The Balaban J connectivity index is 1.78. The Hall–Kier alpha value is -2.70. The summed E-state index contributed by atoms with van der Waals surface area (Å²) < 4.78 is 3.60. The van der Waals surface area contributed by atoms with Crippen molar-refractivity contribution in [3.63, 3.8) is 0 Å². The van der Waals surface area contributed by atoms with E-state index < -0.39 is 0 Å². The fourth-order valence-electron chi connectivity index (χ4n) is 3.06. The van der Waals surface area contributed by atoms with Crippen LogP contribution >= 0.6 is 0 Å². The molecule has 0 aromatic carbocycles. The molecule has 3 rings (SSSR count). The summed E-state index contributed by atoms with van der Waals surface area (Å²) in [5.41, 5.74) is 4.14. The Morgan fingerprint density at radius 2 is 2.08 bits per heavy atom. The van der Waals surface area contributed by atoms with Gasteiger partial charge in [-0.2, -0.15) is 10.2 Å². The third kappa shape index (κ3) is 3.40. The third-order valence-corrected chi connectivity index (χ3v) is 4.41. The summed E-state index contributed by atoms with van der Waals surface area (Å²) in [7, 11) is 1.82. The van der Waals surface area contributed by atoms with E-state index in [1.807, 2.05) is 24.9 Å². The molecule has 0 radical (unpaired) electrons. The van der Waals surface area contributed by atoms with E-state index in [9.17, 15) is 4.79 Å². The van der Waals surface area contributed by atoms with E-state index in [1.165, 1.54) is 0 Å². The van der Waals surface area contributed by atoms with Crippen LogP contribution in [0.4, 0.5) is 5.82 Å². The minimum Gasteiger partial charge on any atom is -0.309 e. The molecule has 0 spiro atoms. The van der Waals surface area contributed by atoms with Gasteiger partial charge in [-0.25, -0.2) is 9.67 Å². The summed E-state index contributed by atoms with van der Waals surface area (Å²) in [6, 6.07) is 2.04. The average Bonchev–Trinajstić information content (AvgIpc) is 3.13. The molecule has 3 aromatic heterocycles. The van der Waals surface area contributed by atoms with E-state index >= 15 is 0 Å². The molecule has 1 amide bonds. The van der Waals surface area contributed by atoms with Gasteiger partial charge < -0.3 is 5.32 Å². The summed E-state index contributed by atoms with van der Waals surface area (Å²) >= 11 is 0. The highest BCUT2D eigenvalue weighted by Crippen LogP contribution is 2.25. The highest BCUT2D eigenvalue weighted by atomic mass is 16.1. The first kappa shape index (κ1) is 17.1. The van der Waals surface area contributed by atoms with Crippen molar-refractivity contribution < 1.29 is 4.79 Å². The van der Waals surface area contributed by atoms with Gasteiger partial charge in [0.15, 0.2) is 11.5 Å². The first-order valence-electron chi connectivity index (χ1n) is 8.49. The van der Waals surface area contributed by atoms with Gasteiger partial charge in [-0.05, 0) is 45.2 Å². The van der Waals surface area contributed by atoms with E-state index in [1.54, 1.807) is 16.9 Å². The minimum atomic E-state index is -0.0459. The number of pyridine rings is 1. The highest BCUT2D eigenvalue weighted by Gasteiger charge is 2.16. The smallest absolute Gasteiger partial charge is 0.225 e. The van der Waals surface area contributed by atoms with Crippen molar-refractivity contribution in [3.05, 3.63) is 35.3 Å². The molecule has 1 N–H and O–H groups in total. The Morgan fingerprint density at radius 3 is 2.72 bits per heavy atom. The van der Waals surface area contributed by atoms with Crippen LogP contribution in [0.25, 0.3) is 11.0 Å². The van der Waals surface area contributed by atoms with Gasteiger partial charge in [-0.3, -0.25) is 9.48 Å². The summed E-state index contributed by atoms with van der Waals surface area (Å²) in [5.74, 6) is 0.531. The first-order chi connectivity index (χ1) is 11.9. The molecule has 0 unspecified atom stereocenters. The molecular weight excluding hydrogens is 316 g/mol. The Morgan fingerprint density at radius 1 is 1.32 bits per heavy atom. The van der Waals surface area contributed by atoms with E-state index in [0.29, 0.717) is 18.7 Å². The number of amides is 1. The third-order valence-electron chi connectivity index (χ3n) is 4.41. The lowest BCUT2D eigenvalue weighted by Gasteiger charge is -2.12. The van der Waals surface area contributed by atoms with E-state index in [-0.39, 0.29) is 11.9 Å². The SMILES string of the molecule is Cc1nc2c(cnn2C(C)C)c(C)c1CCC(=O)Nc1ccn(C)n1. The minimum absolute atomic E-state index is 0.0459. The Labute approximate surface area is 147 Å². The maximum Gasteiger partial charge on any atom is 0.225 e. The Kier molecular flexibility index (Phi) is 4.57. The second-order valence-electron chi connectivity index (χ2n) is 6.64. The van der Waals surface area contributed by atoms with Crippen LogP contribution in [-0.4, -0.2) is 30.5 Å². The van der Waals surface area contributed by atoms with Crippen LogP contribution in [0.2, 0.25) is 0 Å². The topological polar surface area (TPSA) is 77.6 Å². The van der Waals surface area contributed by atoms with Crippen molar-refractivity contribution in [1.82, 2.24) is 24.5 Å². The maximum atomic E-state index is 12.2. The number of fused-ring (bicyclic) bond motifs is 1. The molecule has 7 heteroatoms. The molecule has 0 fully saturated rings. The molecule has 3 aromatic rings.